The van der Waals surface area contributed by atoms with Crippen LogP contribution in [0.4, 0.5) is 0 Å². The zero-order valence-electron chi connectivity index (χ0n) is 12.9. The molecule has 0 aromatic heterocycles. The predicted molar refractivity (Wildman–Crippen MR) is 85.8 cm³/mol. The lowest BCUT2D eigenvalue weighted by Gasteiger charge is -2.14. The van der Waals surface area contributed by atoms with E-state index in [1.54, 1.807) is 0 Å². The Morgan fingerprint density at radius 2 is 1.81 bits per heavy atom. The van der Waals surface area contributed by atoms with Crippen LogP contribution in [0.5, 0.6) is 0 Å². The minimum absolute atomic E-state index is 0.0595. The first-order valence-electron chi connectivity index (χ1n) is 7.35. The summed E-state index contributed by atoms with van der Waals surface area (Å²) in [6, 6.07) is 16.1. The van der Waals surface area contributed by atoms with Crippen LogP contribution in [0.25, 0.3) is 0 Å². The lowest BCUT2D eigenvalue weighted by molar-refractivity contribution is 0.0486. The summed E-state index contributed by atoms with van der Waals surface area (Å²) >= 11 is 0. The van der Waals surface area contributed by atoms with Crippen LogP contribution in [-0.4, -0.2) is 18.5 Å². The van der Waals surface area contributed by atoms with Gasteiger partial charge in [0.2, 0.25) is 0 Å². The Morgan fingerprint density at radius 3 is 2.52 bits per heavy atom. The SMILES string of the molecule is Cc1ccc(C)c(C(=O)C(C)OCCc2ccccc2)c1. The highest BCUT2D eigenvalue weighted by atomic mass is 16.5. The largest absolute Gasteiger partial charge is 0.370 e. The van der Waals surface area contributed by atoms with Gasteiger partial charge in [-0.3, -0.25) is 4.79 Å². The Morgan fingerprint density at radius 1 is 1.10 bits per heavy atom. The number of hydrogen-bond donors (Lipinski definition) is 0. The number of carbonyl (C=O) groups is 1. The molecule has 0 fully saturated rings. The average Bonchev–Trinajstić information content (AvgIpc) is 2.50. The molecule has 2 aromatic rings. The normalized spacial score (nSPS) is 12.1. The Hall–Kier alpha value is -1.93. The van der Waals surface area contributed by atoms with Gasteiger partial charge in [0.25, 0.3) is 0 Å². The molecule has 0 spiro atoms. The molecule has 0 amide bonds. The monoisotopic (exact) mass is 282 g/mol. The summed E-state index contributed by atoms with van der Waals surface area (Å²) in [5.74, 6) is 0.0595. The fourth-order valence-electron chi connectivity index (χ4n) is 2.29. The Labute approximate surface area is 126 Å². The summed E-state index contributed by atoms with van der Waals surface area (Å²) in [7, 11) is 0. The lowest BCUT2D eigenvalue weighted by atomic mass is 9.99. The van der Waals surface area contributed by atoms with E-state index in [1.807, 2.05) is 57.2 Å². The molecule has 0 aliphatic rings. The topological polar surface area (TPSA) is 26.3 Å². The first-order valence-corrected chi connectivity index (χ1v) is 7.35. The lowest BCUT2D eigenvalue weighted by Crippen LogP contribution is -2.23. The molecule has 1 atom stereocenters. The van der Waals surface area contributed by atoms with E-state index < -0.39 is 6.10 Å². The van der Waals surface area contributed by atoms with Gasteiger partial charge in [0.15, 0.2) is 5.78 Å². The smallest absolute Gasteiger partial charge is 0.191 e. The van der Waals surface area contributed by atoms with Crippen LogP contribution in [0.1, 0.15) is 34.0 Å². The van der Waals surface area contributed by atoms with Crippen molar-refractivity contribution < 1.29 is 9.53 Å². The first kappa shape index (κ1) is 15.5. The van der Waals surface area contributed by atoms with Gasteiger partial charge >= 0.3 is 0 Å². The van der Waals surface area contributed by atoms with Crippen molar-refractivity contribution in [2.45, 2.75) is 33.3 Å². The molecule has 0 aliphatic carbocycles. The van der Waals surface area contributed by atoms with Gasteiger partial charge in [-0.1, -0.05) is 48.0 Å². The maximum atomic E-state index is 12.4. The molecule has 0 saturated heterocycles. The second-order valence-corrected chi connectivity index (χ2v) is 5.43. The third kappa shape index (κ3) is 4.27. The molecule has 0 radical (unpaired) electrons. The van der Waals surface area contributed by atoms with Gasteiger partial charge in [-0.2, -0.15) is 0 Å². The second kappa shape index (κ2) is 7.19. The van der Waals surface area contributed by atoms with Crippen molar-refractivity contribution in [3.63, 3.8) is 0 Å². The third-order valence-electron chi connectivity index (χ3n) is 3.63. The number of aryl methyl sites for hydroxylation is 2. The highest BCUT2D eigenvalue weighted by Gasteiger charge is 2.17. The number of benzene rings is 2. The molecule has 21 heavy (non-hydrogen) atoms. The van der Waals surface area contributed by atoms with Crippen LogP contribution >= 0.6 is 0 Å². The Kier molecular flexibility index (Phi) is 5.29. The van der Waals surface area contributed by atoms with Gasteiger partial charge in [-0.15, -0.1) is 0 Å². The van der Waals surface area contributed by atoms with Crippen molar-refractivity contribution in [1.29, 1.82) is 0 Å². The number of ketones is 1. The van der Waals surface area contributed by atoms with E-state index >= 15 is 0 Å². The van der Waals surface area contributed by atoms with Crippen molar-refractivity contribution in [3.8, 4) is 0 Å². The van der Waals surface area contributed by atoms with Crippen molar-refractivity contribution in [2.75, 3.05) is 6.61 Å². The number of carbonyl (C=O) groups excluding carboxylic acids is 1. The van der Waals surface area contributed by atoms with Crippen molar-refractivity contribution >= 4 is 5.78 Å². The molecule has 0 heterocycles. The molecule has 110 valence electrons. The summed E-state index contributed by atoms with van der Waals surface area (Å²) in [5, 5.41) is 0. The maximum absolute atomic E-state index is 12.4. The maximum Gasteiger partial charge on any atom is 0.191 e. The summed E-state index contributed by atoms with van der Waals surface area (Å²) in [6.07, 6.45) is 0.417. The number of Topliss-reactive ketones (excluding diaryl/α,β-unsaturated/α-hetero) is 1. The van der Waals surface area contributed by atoms with E-state index in [4.69, 9.17) is 4.74 Å². The Balaban J connectivity index is 1.92. The van der Waals surface area contributed by atoms with Gasteiger partial charge in [0.05, 0.1) is 6.61 Å². The molecule has 2 nitrogen and oxygen atoms in total. The highest BCUT2D eigenvalue weighted by molar-refractivity contribution is 6.00. The molecule has 0 aliphatic heterocycles. The number of hydrogen-bond acceptors (Lipinski definition) is 2. The van der Waals surface area contributed by atoms with Crippen molar-refractivity contribution in [2.24, 2.45) is 0 Å². The second-order valence-electron chi connectivity index (χ2n) is 5.43. The van der Waals surface area contributed by atoms with Crippen LogP contribution < -0.4 is 0 Å². The molecule has 0 N–H and O–H groups in total. The minimum Gasteiger partial charge on any atom is -0.370 e. The molecule has 1 unspecified atom stereocenters. The van der Waals surface area contributed by atoms with Crippen LogP contribution in [0, 0.1) is 13.8 Å². The first-order chi connectivity index (χ1) is 10.1. The molecule has 0 saturated carbocycles. The van der Waals surface area contributed by atoms with Crippen molar-refractivity contribution in [1.82, 2.24) is 0 Å². The Bertz CT molecular complexity index is 602. The van der Waals surface area contributed by atoms with E-state index in [0.29, 0.717) is 6.61 Å². The predicted octanol–water partition coefficient (Wildman–Crippen LogP) is 4.13. The third-order valence-corrected chi connectivity index (χ3v) is 3.63. The number of rotatable bonds is 6. The zero-order chi connectivity index (χ0) is 15.2. The summed E-state index contributed by atoms with van der Waals surface area (Å²) in [6.45, 7) is 6.34. The molecule has 0 bridgehead atoms. The highest BCUT2D eigenvalue weighted by Crippen LogP contribution is 2.14. The van der Waals surface area contributed by atoms with E-state index in [-0.39, 0.29) is 5.78 Å². The summed E-state index contributed by atoms with van der Waals surface area (Å²) in [4.78, 5) is 12.4. The van der Waals surface area contributed by atoms with E-state index in [0.717, 1.165) is 23.1 Å². The van der Waals surface area contributed by atoms with Gasteiger partial charge in [0.1, 0.15) is 6.10 Å². The molecular formula is C19H22O2. The molecule has 2 heteroatoms. The zero-order valence-corrected chi connectivity index (χ0v) is 12.9. The van der Waals surface area contributed by atoms with Crippen LogP contribution in [0.3, 0.4) is 0 Å². The fourth-order valence-corrected chi connectivity index (χ4v) is 2.29. The quantitative estimate of drug-likeness (QED) is 0.744. The molecule has 2 aromatic carbocycles. The average molecular weight is 282 g/mol. The van der Waals surface area contributed by atoms with Gasteiger partial charge in [0, 0.05) is 5.56 Å². The molecular weight excluding hydrogens is 260 g/mol. The van der Waals surface area contributed by atoms with Crippen molar-refractivity contribution in [3.05, 3.63) is 70.8 Å². The van der Waals surface area contributed by atoms with Gasteiger partial charge in [-0.05, 0) is 44.4 Å². The van der Waals surface area contributed by atoms with Crippen LogP contribution in [0.2, 0.25) is 0 Å². The number of ether oxygens (including phenoxy) is 1. The van der Waals surface area contributed by atoms with Crippen LogP contribution in [0.15, 0.2) is 48.5 Å². The van der Waals surface area contributed by atoms with E-state index in [9.17, 15) is 4.79 Å². The summed E-state index contributed by atoms with van der Waals surface area (Å²) in [5.41, 5.74) is 4.09. The van der Waals surface area contributed by atoms with Gasteiger partial charge < -0.3 is 4.74 Å². The molecule has 2 rings (SSSR count). The standard InChI is InChI=1S/C19H22O2/c1-14-9-10-15(2)18(13-14)19(20)16(3)21-12-11-17-7-5-4-6-8-17/h4-10,13,16H,11-12H2,1-3H3. The summed E-state index contributed by atoms with van der Waals surface area (Å²) < 4.78 is 5.71. The fraction of sp³-hybridized carbons (Fsp3) is 0.316. The van der Waals surface area contributed by atoms with E-state index in [2.05, 4.69) is 12.1 Å². The van der Waals surface area contributed by atoms with Crippen LogP contribution in [-0.2, 0) is 11.2 Å². The minimum atomic E-state index is -0.408. The van der Waals surface area contributed by atoms with Gasteiger partial charge in [-0.25, -0.2) is 0 Å². The van der Waals surface area contributed by atoms with E-state index in [1.165, 1.54) is 5.56 Å².